The van der Waals surface area contributed by atoms with Crippen molar-refractivity contribution in [3.05, 3.63) is 28.5 Å². The predicted molar refractivity (Wildman–Crippen MR) is 58.1 cm³/mol. The van der Waals surface area contributed by atoms with Crippen LogP contribution < -0.4 is 16.4 Å². The molecule has 0 bridgehead atoms. The average molecular weight is 275 g/mol. The zero-order valence-electron chi connectivity index (χ0n) is 7.50. The number of hydrogen-bond acceptors (Lipinski definition) is 2. The van der Waals surface area contributed by atoms with E-state index in [-0.39, 0.29) is 10.2 Å². The van der Waals surface area contributed by atoms with Gasteiger partial charge in [0.05, 0.1) is 10.2 Å². The summed E-state index contributed by atoms with van der Waals surface area (Å²) in [5.41, 5.74) is 10.4. The molecule has 2 amide bonds. The van der Waals surface area contributed by atoms with Gasteiger partial charge in [-0.15, -0.1) is 0 Å². The molecular weight excluding hydrogens is 267 g/mol. The molecule has 0 aliphatic rings. The first-order chi connectivity index (χ1) is 6.93. The van der Waals surface area contributed by atoms with Crippen LogP contribution in [0.4, 0.5) is 14.9 Å². The Bertz CT molecular complexity index is 409. The summed E-state index contributed by atoms with van der Waals surface area (Å²) >= 11 is 2.95. The molecule has 0 spiro atoms. The second-order valence-corrected chi connectivity index (χ2v) is 3.51. The van der Waals surface area contributed by atoms with E-state index in [2.05, 4.69) is 15.9 Å². The van der Waals surface area contributed by atoms with Crippen LogP contribution in [0.15, 0.2) is 22.7 Å². The van der Waals surface area contributed by atoms with Crippen LogP contribution in [0.5, 0.6) is 0 Å². The maximum absolute atomic E-state index is 12.9. The summed E-state index contributed by atoms with van der Waals surface area (Å²) in [5, 5.41) is 7.14. The van der Waals surface area contributed by atoms with Crippen LogP contribution in [0.1, 0.15) is 0 Å². The highest BCUT2D eigenvalue weighted by molar-refractivity contribution is 9.10. The molecular formula is C8H8BrFN4O. The highest BCUT2D eigenvalue weighted by Crippen LogP contribution is 2.22. The van der Waals surface area contributed by atoms with E-state index in [0.29, 0.717) is 0 Å². The van der Waals surface area contributed by atoms with Gasteiger partial charge in [-0.2, -0.15) is 0 Å². The number of carbonyl (C=O) groups excluding carboxylic acids is 1. The number of guanidine groups is 1. The Morgan fingerprint density at radius 1 is 1.47 bits per heavy atom. The normalized spacial score (nSPS) is 9.73. The molecule has 5 N–H and O–H groups in total. The van der Waals surface area contributed by atoms with Crippen molar-refractivity contribution in [2.75, 3.05) is 4.90 Å². The molecule has 80 valence electrons. The highest BCUT2D eigenvalue weighted by atomic mass is 79.9. The minimum Gasteiger partial charge on any atom is -0.369 e. The maximum atomic E-state index is 12.9. The Balaban J connectivity index is 3.18. The van der Waals surface area contributed by atoms with Crippen molar-refractivity contribution in [3.63, 3.8) is 0 Å². The molecule has 0 unspecified atom stereocenters. The van der Waals surface area contributed by atoms with Crippen molar-refractivity contribution in [2.24, 2.45) is 11.5 Å². The Kier molecular flexibility index (Phi) is 3.25. The molecule has 7 heteroatoms. The fourth-order valence-electron chi connectivity index (χ4n) is 1.01. The van der Waals surface area contributed by atoms with Crippen LogP contribution in [0.2, 0.25) is 0 Å². The van der Waals surface area contributed by atoms with Crippen molar-refractivity contribution in [2.45, 2.75) is 0 Å². The Hall–Kier alpha value is -1.63. The SMILES string of the molecule is N=C(N)N(C(N)=O)c1ccc(F)c(Br)c1. The molecule has 0 radical (unpaired) electrons. The molecule has 0 heterocycles. The van der Waals surface area contributed by atoms with E-state index in [1.54, 1.807) is 0 Å². The van der Waals surface area contributed by atoms with Gasteiger partial charge in [-0.25, -0.2) is 14.1 Å². The lowest BCUT2D eigenvalue weighted by atomic mass is 10.3. The fourth-order valence-corrected chi connectivity index (χ4v) is 1.38. The quantitative estimate of drug-likeness (QED) is 0.533. The van der Waals surface area contributed by atoms with Gasteiger partial charge in [-0.3, -0.25) is 5.41 Å². The Morgan fingerprint density at radius 3 is 2.47 bits per heavy atom. The van der Waals surface area contributed by atoms with E-state index >= 15 is 0 Å². The summed E-state index contributed by atoms with van der Waals surface area (Å²) in [4.78, 5) is 11.7. The third-order valence-electron chi connectivity index (χ3n) is 1.62. The van der Waals surface area contributed by atoms with E-state index in [1.807, 2.05) is 0 Å². The number of carbonyl (C=O) groups is 1. The highest BCUT2D eigenvalue weighted by Gasteiger charge is 2.16. The van der Waals surface area contributed by atoms with Gasteiger partial charge in [0, 0.05) is 0 Å². The largest absolute Gasteiger partial charge is 0.369 e. The van der Waals surface area contributed by atoms with Gasteiger partial charge in [0.2, 0.25) is 5.96 Å². The molecule has 1 aromatic rings. The minimum absolute atomic E-state index is 0.160. The monoisotopic (exact) mass is 274 g/mol. The molecule has 0 saturated heterocycles. The zero-order valence-corrected chi connectivity index (χ0v) is 9.08. The first-order valence-corrected chi connectivity index (χ1v) is 4.61. The standard InChI is InChI=1S/C8H8BrFN4O/c9-5-3-4(1-2-6(5)10)14(7(11)12)8(13)15/h1-3H,(H3,11,12)(H2,13,15). The van der Waals surface area contributed by atoms with Gasteiger partial charge in [0.25, 0.3) is 0 Å². The van der Waals surface area contributed by atoms with Crippen molar-refractivity contribution in [1.29, 1.82) is 5.41 Å². The number of rotatable bonds is 1. The lowest BCUT2D eigenvalue weighted by Crippen LogP contribution is -2.44. The second-order valence-electron chi connectivity index (χ2n) is 2.66. The fraction of sp³-hybridized carbons (Fsp3) is 0. The predicted octanol–water partition coefficient (Wildman–Crippen LogP) is 1.37. The Labute approximate surface area is 93.5 Å². The van der Waals surface area contributed by atoms with E-state index in [0.717, 1.165) is 11.0 Å². The summed E-state index contributed by atoms with van der Waals surface area (Å²) in [5.74, 6) is -1.01. The summed E-state index contributed by atoms with van der Waals surface area (Å²) in [6, 6.07) is 2.84. The summed E-state index contributed by atoms with van der Waals surface area (Å²) in [7, 11) is 0. The number of halogens is 2. The topological polar surface area (TPSA) is 96.2 Å². The molecule has 15 heavy (non-hydrogen) atoms. The number of nitrogens with two attached hydrogens (primary N) is 2. The van der Waals surface area contributed by atoms with Crippen molar-refractivity contribution in [1.82, 2.24) is 0 Å². The molecule has 1 rings (SSSR count). The number of benzene rings is 1. The Morgan fingerprint density at radius 2 is 2.07 bits per heavy atom. The summed E-state index contributed by atoms with van der Waals surface area (Å²) in [6.07, 6.45) is 0. The molecule has 0 aliphatic carbocycles. The maximum Gasteiger partial charge on any atom is 0.326 e. The van der Waals surface area contributed by atoms with Gasteiger partial charge in [0.1, 0.15) is 5.82 Å². The lowest BCUT2D eigenvalue weighted by Gasteiger charge is -2.18. The van der Waals surface area contributed by atoms with E-state index in [4.69, 9.17) is 16.9 Å². The molecule has 0 fully saturated rings. The summed E-state index contributed by atoms with van der Waals surface area (Å²) < 4.78 is 13.1. The minimum atomic E-state index is -0.902. The van der Waals surface area contributed by atoms with Crippen LogP contribution in [-0.2, 0) is 0 Å². The average Bonchev–Trinajstić information content (AvgIpc) is 2.10. The molecule has 0 saturated carbocycles. The second kappa shape index (κ2) is 4.26. The van der Waals surface area contributed by atoms with Gasteiger partial charge in [-0.1, -0.05) is 0 Å². The molecule has 0 aliphatic heterocycles. The first-order valence-electron chi connectivity index (χ1n) is 3.82. The van der Waals surface area contributed by atoms with E-state index in [1.165, 1.54) is 12.1 Å². The number of amides is 2. The molecule has 0 atom stereocenters. The number of urea groups is 1. The molecule has 0 aromatic heterocycles. The summed E-state index contributed by atoms with van der Waals surface area (Å²) in [6.45, 7) is 0. The van der Waals surface area contributed by atoms with Crippen LogP contribution in [-0.4, -0.2) is 12.0 Å². The number of hydrogen-bond donors (Lipinski definition) is 3. The van der Waals surface area contributed by atoms with Crippen LogP contribution in [0, 0.1) is 11.2 Å². The van der Waals surface area contributed by atoms with Gasteiger partial charge >= 0.3 is 6.03 Å². The zero-order chi connectivity index (χ0) is 11.6. The first kappa shape index (κ1) is 11.4. The van der Waals surface area contributed by atoms with Gasteiger partial charge in [0.15, 0.2) is 0 Å². The van der Waals surface area contributed by atoms with Crippen LogP contribution in [0.25, 0.3) is 0 Å². The number of anilines is 1. The van der Waals surface area contributed by atoms with Crippen molar-refractivity contribution >= 4 is 33.6 Å². The third kappa shape index (κ3) is 2.44. The van der Waals surface area contributed by atoms with Crippen molar-refractivity contribution in [3.8, 4) is 0 Å². The van der Waals surface area contributed by atoms with Crippen molar-refractivity contribution < 1.29 is 9.18 Å². The van der Waals surface area contributed by atoms with E-state index < -0.39 is 17.8 Å². The van der Waals surface area contributed by atoms with Gasteiger partial charge in [-0.05, 0) is 34.1 Å². The van der Waals surface area contributed by atoms with E-state index in [9.17, 15) is 9.18 Å². The third-order valence-corrected chi connectivity index (χ3v) is 2.23. The number of nitrogens with one attached hydrogen (secondary N) is 1. The molecule has 5 nitrogen and oxygen atoms in total. The number of primary amides is 1. The molecule has 1 aromatic carbocycles. The van der Waals surface area contributed by atoms with Crippen LogP contribution in [0.3, 0.4) is 0 Å². The smallest absolute Gasteiger partial charge is 0.326 e. The van der Waals surface area contributed by atoms with Crippen LogP contribution >= 0.6 is 15.9 Å². The van der Waals surface area contributed by atoms with Gasteiger partial charge < -0.3 is 11.5 Å². The lowest BCUT2D eigenvalue weighted by molar-refractivity contribution is 0.256. The number of nitrogens with zero attached hydrogens (tertiary/aromatic N) is 1.